The quantitative estimate of drug-likeness (QED) is 0.415. The summed E-state index contributed by atoms with van der Waals surface area (Å²) in [6.45, 7) is 3.82. The van der Waals surface area contributed by atoms with E-state index in [1.54, 1.807) is 6.92 Å². The van der Waals surface area contributed by atoms with Crippen LogP contribution in [-0.2, 0) is 0 Å². The molecule has 0 fully saturated rings. The Morgan fingerprint density at radius 2 is 2.20 bits per heavy atom. The van der Waals surface area contributed by atoms with E-state index in [0.717, 1.165) is 12.8 Å². The van der Waals surface area contributed by atoms with Gasteiger partial charge in [0.15, 0.2) is 0 Å². The third-order valence-corrected chi connectivity index (χ3v) is 1.28. The number of hydrogen-bond acceptors (Lipinski definition) is 0. The molecule has 0 amide bonds. The molecule has 0 aromatic heterocycles. The molecule has 0 aliphatic carbocycles. The molecule has 0 radical (unpaired) electrons. The Labute approximate surface area is 62.4 Å². The molecular formula is C9H15F. The highest BCUT2D eigenvalue weighted by atomic mass is 19.1. The molecule has 0 saturated carbocycles. The van der Waals surface area contributed by atoms with Crippen LogP contribution in [0.2, 0.25) is 0 Å². The summed E-state index contributed by atoms with van der Waals surface area (Å²) >= 11 is 0. The Hall–Kier alpha value is -0.590. The van der Waals surface area contributed by atoms with Gasteiger partial charge < -0.3 is 0 Å². The molecule has 0 spiro atoms. The Kier molecular flexibility index (Phi) is 6.14. The summed E-state index contributed by atoms with van der Waals surface area (Å²) in [5.74, 6) is -0.142. The van der Waals surface area contributed by atoms with Gasteiger partial charge in [0, 0.05) is 0 Å². The van der Waals surface area contributed by atoms with Gasteiger partial charge in [-0.1, -0.05) is 31.9 Å². The van der Waals surface area contributed by atoms with Crippen molar-refractivity contribution in [1.29, 1.82) is 0 Å². The van der Waals surface area contributed by atoms with Crippen LogP contribution in [0.5, 0.6) is 0 Å². The van der Waals surface area contributed by atoms with E-state index < -0.39 is 0 Å². The molecule has 0 N–H and O–H groups in total. The van der Waals surface area contributed by atoms with Gasteiger partial charge >= 0.3 is 0 Å². The monoisotopic (exact) mass is 142 g/mol. The van der Waals surface area contributed by atoms with Crippen molar-refractivity contribution in [2.75, 3.05) is 0 Å². The van der Waals surface area contributed by atoms with Crippen LogP contribution < -0.4 is 0 Å². The third kappa shape index (κ3) is 5.54. The van der Waals surface area contributed by atoms with E-state index in [0.29, 0.717) is 0 Å². The maximum atomic E-state index is 12.3. The minimum Gasteiger partial charge on any atom is -0.207 e. The van der Waals surface area contributed by atoms with Crippen LogP contribution >= 0.6 is 0 Å². The van der Waals surface area contributed by atoms with E-state index in [4.69, 9.17) is 0 Å². The van der Waals surface area contributed by atoms with Gasteiger partial charge in [0.05, 0.1) is 0 Å². The Bertz CT molecular complexity index is 123. The van der Waals surface area contributed by atoms with Crippen molar-refractivity contribution in [3.63, 3.8) is 0 Å². The van der Waals surface area contributed by atoms with E-state index >= 15 is 0 Å². The van der Waals surface area contributed by atoms with Crippen LogP contribution in [0.3, 0.4) is 0 Å². The fourth-order valence-electron chi connectivity index (χ4n) is 0.614. The molecule has 0 aromatic carbocycles. The van der Waals surface area contributed by atoms with Crippen molar-refractivity contribution >= 4 is 0 Å². The summed E-state index contributed by atoms with van der Waals surface area (Å²) in [7, 11) is 0. The van der Waals surface area contributed by atoms with Crippen molar-refractivity contribution in [3.8, 4) is 0 Å². The van der Waals surface area contributed by atoms with E-state index in [1.165, 1.54) is 18.6 Å². The smallest absolute Gasteiger partial charge is 0.118 e. The Balaban J connectivity index is 3.37. The molecule has 0 aliphatic heterocycles. The molecule has 0 atom stereocenters. The van der Waals surface area contributed by atoms with Gasteiger partial charge in [-0.05, 0) is 19.4 Å². The normalized spacial score (nSPS) is 12.9. The number of rotatable bonds is 4. The van der Waals surface area contributed by atoms with Crippen LogP contribution in [0, 0.1) is 0 Å². The second-order valence-electron chi connectivity index (χ2n) is 2.22. The van der Waals surface area contributed by atoms with Crippen LogP contribution in [0.15, 0.2) is 24.1 Å². The molecule has 0 aromatic rings. The maximum absolute atomic E-state index is 12.3. The standard InChI is InChI=1S/C9H15F/c1-3-5-6-7-8-9(10)4-2/h4,7-8H,3,5-6H2,1-2H3/b8-7-,9-4+. The Morgan fingerprint density at radius 3 is 2.70 bits per heavy atom. The first-order chi connectivity index (χ1) is 4.81. The summed E-state index contributed by atoms with van der Waals surface area (Å²) in [6.07, 6.45) is 8.16. The van der Waals surface area contributed by atoms with E-state index in [2.05, 4.69) is 6.92 Å². The highest BCUT2D eigenvalue weighted by Gasteiger charge is 1.81. The number of unbranched alkanes of at least 4 members (excludes halogenated alkanes) is 2. The fourth-order valence-corrected chi connectivity index (χ4v) is 0.614. The zero-order valence-electron chi connectivity index (χ0n) is 6.73. The molecule has 0 unspecified atom stereocenters. The lowest BCUT2D eigenvalue weighted by atomic mass is 10.2. The van der Waals surface area contributed by atoms with E-state index in [9.17, 15) is 4.39 Å². The first-order valence-electron chi connectivity index (χ1n) is 3.79. The van der Waals surface area contributed by atoms with Crippen molar-refractivity contribution in [2.45, 2.75) is 33.1 Å². The molecule has 1 heteroatoms. The summed E-state index contributed by atoms with van der Waals surface area (Å²) in [5.41, 5.74) is 0. The molecule has 0 bridgehead atoms. The predicted octanol–water partition coefficient (Wildman–Crippen LogP) is 3.61. The van der Waals surface area contributed by atoms with Gasteiger partial charge in [-0.15, -0.1) is 0 Å². The number of halogens is 1. The zero-order valence-corrected chi connectivity index (χ0v) is 6.73. The van der Waals surface area contributed by atoms with Crippen molar-refractivity contribution < 1.29 is 4.39 Å². The molecular weight excluding hydrogens is 127 g/mol. The summed E-state index contributed by atoms with van der Waals surface area (Å²) in [5, 5.41) is 0. The maximum Gasteiger partial charge on any atom is 0.118 e. The summed E-state index contributed by atoms with van der Waals surface area (Å²) in [4.78, 5) is 0. The van der Waals surface area contributed by atoms with Gasteiger partial charge in [-0.25, -0.2) is 4.39 Å². The van der Waals surface area contributed by atoms with Crippen molar-refractivity contribution in [2.24, 2.45) is 0 Å². The van der Waals surface area contributed by atoms with Gasteiger partial charge in [-0.2, -0.15) is 0 Å². The average Bonchev–Trinajstić information content (AvgIpc) is 1.98. The number of allylic oxidation sites excluding steroid dienone is 4. The summed E-state index contributed by atoms with van der Waals surface area (Å²) in [6, 6.07) is 0. The van der Waals surface area contributed by atoms with E-state index in [-0.39, 0.29) is 5.83 Å². The largest absolute Gasteiger partial charge is 0.207 e. The SMILES string of the molecule is C/C=C(F)\C=C/CCCC. The lowest BCUT2D eigenvalue weighted by Gasteiger charge is -1.87. The van der Waals surface area contributed by atoms with Gasteiger partial charge in [0.2, 0.25) is 0 Å². The predicted molar refractivity (Wildman–Crippen MR) is 43.5 cm³/mol. The van der Waals surface area contributed by atoms with Gasteiger partial charge in [0.1, 0.15) is 5.83 Å². The second-order valence-corrected chi connectivity index (χ2v) is 2.22. The molecule has 0 nitrogen and oxygen atoms in total. The summed E-state index contributed by atoms with van der Waals surface area (Å²) < 4.78 is 12.3. The van der Waals surface area contributed by atoms with Crippen LogP contribution in [-0.4, -0.2) is 0 Å². The van der Waals surface area contributed by atoms with Gasteiger partial charge in [-0.3, -0.25) is 0 Å². The topological polar surface area (TPSA) is 0 Å². The van der Waals surface area contributed by atoms with Crippen molar-refractivity contribution in [3.05, 3.63) is 24.1 Å². The molecule has 10 heavy (non-hydrogen) atoms. The lowest BCUT2D eigenvalue weighted by Crippen LogP contribution is -1.67. The van der Waals surface area contributed by atoms with E-state index in [1.807, 2.05) is 6.08 Å². The fraction of sp³-hybridized carbons (Fsp3) is 0.556. The first kappa shape index (κ1) is 9.41. The average molecular weight is 142 g/mol. The van der Waals surface area contributed by atoms with Crippen LogP contribution in [0.4, 0.5) is 4.39 Å². The minimum absolute atomic E-state index is 0.142. The number of hydrogen-bond donors (Lipinski definition) is 0. The van der Waals surface area contributed by atoms with Gasteiger partial charge in [0.25, 0.3) is 0 Å². The zero-order chi connectivity index (χ0) is 7.82. The van der Waals surface area contributed by atoms with Crippen LogP contribution in [0.25, 0.3) is 0 Å². The molecule has 0 heterocycles. The van der Waals surface area contributed by atoms with Crippen LogP contribution in [0.1, 0.15) is 33.1 Å². The highest BCUT2D eigenvalue weighted by Crippen LogP contribution is 2.01. The molecule has 0 rings (SSSR count). The minimum atomic E-state index is -0.142. The highest BCUT2D eigenvalue weighted by molar-refractivity contribution is 5.09. The Morgan fingerprint density at radius 1 is 1.50 bits per heavy atom. The molecule has 58 valence electrons. The molecule has 0 aliphatic rings. The second kappa shape index (κ2) is 6.53. The third-order valence-electron chi connectivity index (χ3n) is 1.28. The first-order valence-corrected chi connectivity index (χ1v) is 3.79. The van der Waals surface area contributed by atoms with Crippen molar-refractivity contribution in [1.82, 2.24) is 0 Å². The molecule has 0 saturated heterocycles. The lowest BCUT2D eigenvalue weighted by molar-refractivity contribution is 0.663.